The van der Waals surface area contributed by atoms with E-state index in [-0.39, 0.29) is 5.69 Å². The molecule has 0 bridgehead atoms. The van der Waals surface area contributed by atoms with Gasteiger partial charge in [-0.3, -0.25) is 14.3 Å². The molecule has 1 rings (SSSR count). The fourth-order valence-electron chi connectivity index (χ4n) is 2.11. The van der Waals surface area contributed by atoms with Crippen molar-refractivity contribution in [3.63, 3.8) is 0 Å². The van der Waals surface area contributed by atoms with Crippen LogP contribution in [0.25, 0.3) is 0 Å². The van der Waals surface area contributed by atoms with Crippen molar-refractivity contribution in [1.82, 2.24) is 5.32 Å². The number of para-hydroxylation sites is 1. The van der Waals surface area contributed by atoms with Crippen LogP contribution in [0.15, 0.2) is 29.2 Å². The summed E-state index contributed by atoms with van der Waals surface area (Å²) in [5.74, 6) is 0.465. The Balaban J connectivity index is 2.57. The number of nitro groups is 1. The summed E-state index contributed by atoms with van der Waals surface area (Å²) in [5, 5.41) is 14.3. The molecule has 0 aliphatic heterocycles. The van der Waals surface area contributed by atoms with Gasteiger partial charge in [0.2, 0.25) is 0 Å². The maximum absolute atomic E-state index is 12.2. The Morgan fingerprint density at radius 2 is 2.05 bits per heavy atom. The van der Waals surface area contributed by atoms with Crippen molar-refractivity contribution >= 4 is 16.5 Å². The zero-order chi connectivity index (χ0) is 15.0. The standard InChI is InChI=1S/C14H22N2O3S/c1-3-12(15-4-2)8-7-11-20(19)14-10-6-5-9-13(14)16(17)18/h5-6,9-10,12,15H,3-4,7-8,11H2,1-2H3. The lowest BCUT2D eigenvalue weighted by molar-refractivity contribution is -0.387. The maximum Gasteiger partial charge on any atom is 0.285 e. The summed E-state index contributed by atoms with van der Waals surface area (Å²) in [6.45, 7) is 5.10. The third kappa shape index (κ3) is 5.02. The van der Waals surface area contributed by atoms with Gasteiger partial charge in [0.15, 0.2) is 0 Å². The molecular formula is C14H22N2O3S. The van der Waals surface area contributed by atoms with E-state index >= 15 is 0 Å². The van der Waals surface area contributed by atoms with Gasteiger partial charge in [-0.2, -0.15) is 0 Å². The molecule has 6 heteroatoms. The van der Waals surface area contributed by atoms with Gasteiger partial charge in [0.25, 0.3) is 5.69 Å². The van der Waals surface area contributed by atoms with Gasteiger partial charge in [0.05, 0.1) is 15.7 Å². The minimum absolute atomic E-state index is 0.0513. The first-order valence-corrected chi connectivity index (χ1v) is 8.27. The average molecular weight is 298 g/mol. The molecule has 1 aromatic rings. The van der Waals surface area contributed by atoms with E-state index in [0.29, 0.717) is 16.7 Å². The quantitative estimate of drug-likeness (QED) is 0.562. The van der Waals surface area contributed by atoms with Crippen LogP contribution in [-0.4, -0.2) is 27.5 Å². The maximum atomic E-state index is 12.2. The van der Waals surface area contributed by atoms with Crippen LogP contribution in [0, 0.1) is 10.1 Å². The van der Waals surface area contributed by atoms with Gasteiger partial charge in [0.1, 0.15) is 4.90 Å². The van der Waals surface area contributed by atoms with Crippen LogP contribution in [0.2, 0.25) is 0 Å². The van der Waals surface area contributed by atoms with E-state index in [1.165, 1.54) is 6.07 Å². The van der Waals surface area contributed by atoms with E-state index in [2.05, 4.69) is 19.2 Å². The SMILES string of the molecule is CCNC(CC)CCCS(=O)c1ccccc1[N+](=O)[O-]. The van der Waals surface area contributed by atoms with Crippen LogP contribution in [0.1, 0.15) is 33.1 Å². The minimum Gasteiger partial charge on any atom is -0.314 e. The number of rotatable bonds is 9. The summed E-state index contributed by atoms with van der Waals surface area (Å²) in [6.07, 6.45) is 2.77. The number of nitrogens with one attached hydrogen (secondary N) is 1. The molecule has 112 valence electrons. The Labute approximate surface area is 122 Å². The second-order valence-corrected chi connectivity index (χ2v) is 6.12. The predicted octanol–water partition coefficient (Wildman–Crippen LogP) is 2.87. The summed E-state index contributed by atoms with van der Waals surface area (Å²) in [5.41, 5.74) is -0.0513. The van der Waals surface area contributed by atoms with Crippen LogP contribution in [-0.2, 0) is 10.8 Å². The van der Waals surface area contributed by atoms with Gasteiger partial charge in [-0.25, -0.2) is 0 Å². The highest BCUT2D eigenvalue weighted by Gasteiger charge is 2.17. The van der Waals surface area contributed by atoms with Crippen molar-refractivity contribution < 1.29 is 9.13 Å². The summed E-state index contributed by atoms with van der Waals surface area (Å²) < 4.78 is 12.2. The molecule has 2 atom stereocenters. The molecule has 0 radical (unpaired) electrons. The second-order valence-electron chi connectivity index (χ2n) is 4.58. The molecule has 1 aromatic carbocycles. The van der Waals surface area contributed by atoms with Crippen LogP contribution in [0.5, 0.6) is 0 Å². The van der Waals surface area contributed by atoms with Crippen LogP contribution in [0.3, 0.4) is 0 Å². The van der Waals surface area contributed by atoms with Crippen molar-refractivity contribution in [2.45, 2.75) is 44.0 Å². The lowest BCUT2D eigenvalue weighted by Crippen LogP contribution is -2.28. The molecule has 0 saturated carbocycles. The summed E-state index contributed by atoms with van der Waals surface area (Å²) in [4.78, 5) is 10.8. The third-order valence-electron chi connectivity index (χ3n) is 3.18. The largest absolute Gasteiger partial charge is 0.314 e. The third-order valence-corrected chi connectivity index (χ3v) is 4.67. The van der Waals surface area contributed by atoms with E-state index in [0.717, 1.165) is 25.8 Å². The van der Waals surface area contributed by atoms with Gasteiger partial charge in [0, 0.05) is 17.9 Å². The van der Waals surface area contributed by atoms with Crippen molar-refractivity contribution in [3.05, 3.63) is 34.4 Å². The number of nitrogens with zero attached hydrogens (tertiary/aromatic N) is 1. The second kappa shape index (κ2) is 8.81. The molecule has 0 fully saturated rings. The molecule has 0 aromatic heterocycles. The lowest BCUT2D eigenvalue weighted by Gasteiger charge is -2.15. The smallest absolute Gasteiger partial charge is 0.285 e. The van der Waals surface area contributed by atoms with Crippen molar-refractivity contribution in [1.29, 1.82) is 0 Å². The van der Waals surface area contributed by atoms with Gasteiger partial charge >= 0.3 is 0 Å². The van der Waals surface area contributed by atoms with Crippen LogP contribution < -0.4 is 5.32 Å². The van der Waals surface area contributed by atoms with Crippen LogP contribution >= 0.6 is 0 Å². The van der Waals surface area contributed by atoms with Crippen LogP contribution in [0.4, 0.5) is 5.69 Å². The summed E-state index contributed by atoms with van der Waals surface area (Å²) >= 11 is 0. The Morgan fingerprint density at radius 1 is 1.35 bits per heavy atom. The molecular weight excluding hydrogens is 276 g/mol. The Morgan fingerprint density at radius 3 is 2.65 bits per heavy atom. The summed E-state index contributed by atoms with van der Waals surface area (Å²) in [7, 11) is -1.31. The molecule has 2 unspecified atom stereocenters. The Hall–Kier alpha value is -1.27. The average Bonchev–Trinajstić information content (AvgIpc) is 2.46. The highest BCUT2D eigenvalue weighted by molar-refractivity contribution is 7.85. The number of benzene rings is 1. The van der Waals surface area contributed by atoms with E-state index in [9.17, 15) is 14.3 Å². The molecule has 20 heavy (non-hydrogen) atoms. The fourth-order valence-corrected chi connectivity index (χ4v) is 3.37. The highest BCUT2D eigenvalue weighted by atomic mass is 32.2. The van der Waals surface area contributed by atoms with Gasteiger partial charge in [-0.1, -0.05) is 26.0 Å². The normalized spacial score (nSPS) is 13.9. The molecule has 1 N–H and O–H groups in total. The predicted molar refractivity (Wildman–Crippen MR) is 81.4 cm³/mol. The zero-order valence-electron chi connectivity index (χ0n) is 12.0. The molecule has 0 amide bonds. The van der Waals surface area contributed by atoms with Crippen molar-refractivity contribution in [3.8, 4) is 0 Å². The lowest BCUT2D eigenvalue weighted by atomic mass is 10.1. The monoisotopic (exact) mass is 298 g/mol. The first-order chi connectivity index (χ1) is 9.60. The van der Waals surface area contributed by atoms with Gasteiger partial charge < -0.3 is 5.32 Å². The number of hydrogen-bond donors (Lipinski definition) is 1. The molecule has 0 aliphatic carbocycles. The molecule has 0 spiro atoms. The first kappa shape index (κ1) is 16.8. The van der Waals surface area contributed by atoms with Gasteiger partial charge in [-0.15, -0.1) is 0 Å². The molecule has 5 nitrogen and oxygen atoms in total. The molecule has 0 saturated heterocycles. The Bertz CT molecular complexity index is 465. The van der Waals surface area contributed by atoms with Crippen molar-refractivity contribution in [2.75, 3.05) is 12.3 Å². The number of hydrogen-bond acceptors (Lipinski definition) is 4. The van der Waals surface area contributed by atoms with Crippen molar-refractivity contribution in [2.24, 2.45) is 0 Å². The van der Waals surface area contributed by atoms with Gasteiger partial charge in [-0.05, 0) is 31.9 Å². The fraction of sp³-hybridized carbons (Fsp3) is 0.571. The topological polar surface area (TPSA) is 72.2 Å². The molecule has 0 aliphatic rings. The number of nitro benzene ring substituents is 1. The van der Waals surface area contributed by atoms with E-state index in [1.54, 1.807) is 18.2 Å². The van der Waals surface area contributed by atoms with E-state index < -0.39 is 15.7 Å². The highest BCUT2D eigenvalue weighted by Crippen LogP contribution is 2.22. The van der Waals surface area contributed by atoms with E-state index in [1.807, 2.05) is 0 Å². The minimum atomic E-state index is -1.31. The Kier molecular flexibility index (Phi) is 7.40. The zero-order valence-corrected chi connectivity index (χ0v) is 12.8. The first-order valence-electron chi connectivity index (χ1n) is 6.95. The molecule has 0 heterocycles. The summed E-state index contributed by atoms with van der Waals surface area (Å²) in [6, 6.07) is 6.70. The van der Waals surface area contributed by atoms with E-state index in [4.69, 9.17) is 0 Å².